The van der Waals surface area contributed by atoms with Crippen molar-refractivity contribution in [1.29, 1.82) is 0 Å². The van der Waals surface area contributed by atoms with Crippen LogP contribution in [0.5, 0.6) is 0 Å². The number of nitrogens with zero attached hydrogens (tertiary/aromatic N) is 5. The zero-order valence-corrected chi connectivity index (χ0v) is 21.2. The molecule has 0 atom stereocenters. The summed E-state index contributed by atoms with van der Waals surface area (Å²) in [5, 5.41) is 22.5. The van der Waals surface area contributed by atoms with Crippen molar-refractivity contribution in [2.45, 2.75) is 31.4 Å². The predicted molar refractivity (Wildman–Crippen MR) is 144 cm³/mol. The molecule has 0 unspecified atom stereocenters. The Morgan fingerprint density at radius 1 is 1.08 bits per heavy atom. The van der Waals surface area contributed by atoms with Gasteiger partial charge >= 0.3 is 5.69 Å². The Hall–Kier alpha value is -3.72. The minimum Gasteiger partial charge on any atom is -0.389 e. The van der Waals surface area contributed by atoms with Gasteiger partial charge in [-0.05, 0) is 66.3 Å². The van der Waals surface area contributed by atoms with Gasteiger partial charge in [0.05, 0.1) is 16.8 Å². The van der Waals surface area contributed by atoms with Gasteiger partial charge in [-0.15, -0.1) is 10.2 Å². The van der Waals surface area contributed by atoms with E-state index in [1.165, 1.54) is 0 Å². The molecule has 0 amide bonds. The van der Waals surface area contributed by atoms with Crippen molar-refractivity contribution in [3.8, 4) is 28.2 Å². The number of halogens is 1. The van der Waals surface area contributed by atoms with Crippen LogP contribution in [0.15, 0.2) is 78.1 Å². The minimum atomic E-state index is -0.577. The molecular formula is C28H27ClN6O2. The fourth-order valence-electron chi connectivity index (χ4n) is 4.92. The number of fused-ring (bicyclic) bond motifs is 1. The average Bonchev–Trinajstić information content (AvgIpc) is 3.46. The molecule has 9 heteroatoms. The van der Waals surface area contributed by atoms with Gasteiger partial charge in [-0.3, -0.25) is 8.97 Å². The maximum atomic E-state index is 13.4. The maximum absolute atomic E-state index is 13.4. The standard InChI is InChI=1S/C28H27ClN6O2/c1-33-18-31-32-26(33)25-13-21(29)7-9-24(25)20-4-2-5-22(12-20)35-16-23-8-6-19(15-34(23)27(35)36)14-30-17-28(37)10-3-11-28/h2,4-9,12-13,15-16,18,30,37H,3,10-11,14,17H2,1H3. The van der Waals surface area contributed by atoms with E-state index in [1.54, 1.807) is 15.3 Å². The van der Waals surface area contributed by atoms with E-state index in [0.717, 1.165) is 52.7 Å². The highest BCUT2D eigenvalue weighted by molar-refractivity contribution is 6.31. The zero-order chi connectivity index (χ0) is 25.6. The van der Waals surface area contributed by atoms with E-state index in [4.69, 9.17) is 11.6 Å². The molecule has 1 saturated carbocycles. The number of imidazole rings is 1. The van der Waals surface area contributed by atoms with Gasteiger partial charge in [0.25, 0.3) is 0 Å². The van der Waals surface area contributed by atoms with Gasteiger partial charge in [-0.25, -0.2) is 4.79 Å². The number of benzene rings is 2. The van der Waals surface area contributed by atoms with E-state index in [2.05, 4.69) is 15.5 Å². The van der Waals surface area contributed by atoms with Crippen LogP contribution in [0.4, 0.5) is 0 Å². The smallest absolute Gasteiger partial charge is 0.337 e. The fourth-order valence-corrected chi connectivity index (χ4v) is 5.10. The molecule has 1 aliphatic carbocycles. The number of aryl methyl sites for hydroxylation is 1. The molecule has 0 bridgehead atoms. The van der Waals surface area contributed by atoms with Crippen LogP contribution in [-0.2, 0) is 13.6 Å². The Kier molecular flexibility index (Phi) is 5.95. The number of pyridine rings is 1. The number of nitrogens with one attached hydrogen (secondary N) is 1. The second kappa shape index (κ2) is 9.30. The number of aliphatic hydroxyl groups is 1. The van der Waals surface area contributed by atoms with Gasteiger partial charge in [0.1, 0.15) is 6.33 Å². The van der Waals surface area contributed by atoms with Crippen molar-refractivity contribution < 1.29 is 5.11 Å². The first-order valence-corrected chi connectivity index (χ1v) is 12.7. The van der Waals surface area contributed by atoms with Crippen molar-refractivity contribution in [3.05, 3.63) is 94.4 Å². The van der Waals surface area contributed by atoms with E-state index in [-0.39, 0.29) is 5.69 Å². The Labute approximate surface area is 218 Å². The van der Waals surface area contributed by atoms with Gasteiger partial charge in [0.15, 0.2) is 5.82 Å². The first kappa shape index (κ1) is 23.7. The molecule has 188 valence electrons. The van der Waals surface area contributed by atoms with Gasteiger partial charge < -0.3 is 15.0 Å². The van der Waals surface area contributed by atoms with Gasteiger partial charge in [-0.2, -0.15) is 0 Å². The van der Waals surface area contributed by atoms with Crippen LogP contribution in [0.1, 0.15) is 24.8 Å². The summed E-state index contributed by atoms with van der Waals surface area (Å²) in [6.45, 7) is 1.15. The molecule has 1 fully saturated rings. The molecule has 5 aromatic rings. The number of hydrogen-bond donors (Lipinski definition) is 2. The molecule has 0 aliphatic heterocycles. The highest BCUT2D eigenvalue weighted by atomic mass is 35.5. The summed E-state index contributed by atoms with van der Waals surface area (Å²) in [6.07, 6.45) is 8.13. The third kappa shape index (κ3) is 4.48. The topological polar surface area (TPSA) is 89.4 Å². The van der Waals surface area contributed by atoms with E-state index < -0.39 is 5.60 Å². The third-order valence-electron chi connectivity index (χ3n) is 7.15. The zero-order valence-electron chi connectivity index (χ0n) is 20.4. The molecule has 8 nitrogen and oxygen atoms in total. The maximum Gasteiger partial charge on any atom is 0.337 e. The minimum absolute atomic E-state index is 0.142. The normalized spacial score (nSPS) is 14.7. The fraction of sp³-hybridized carbons (Fsp3) is 0.250. The molecule has 37 heavy (non-hydrogen) atoms. The molecule has 2 aromatic carbocycles. The molecule has 3 heterocycles. The van der Waals surface area contributed by atoms with E-state index >= 15 is 0 Å². The second-order valence-electron chi connectivity index (χ2n) is 9.80. The van der Waals surface area contributed by atoms with Crippen LogP contribution in [0, 0.1) is 0 Å². The van der Waals surface area contributed by atoms with Crippen LogP contribution >= 0.6 is 11.6 Å². The SMILES string of the molecule is Cn1cnnc1-c1cc(Cl)ccc1-c1cccc(-n2cc3ccc(CNCC4(O)CCC4)cn3c2=O)c1. The summed E-state index contributed by atoms with van der Waals surface area (Å²) in [7, 11) is 1.89. The highest BCUT2D eigenvalue weighted by Crippen LogP contribution is 2.34. The summed E-state index contributed by atoms with van der Waals surface area (Å²) in [5.41, 5.74) is 4.58. The molecule has 0 radical (unpaired) electrons. The van der Waals surface area contributed by atoms with E-state index in [1.807, 2.05) is 78.6 Å². The van der Waals surface area contributed by atoms with Crippen molar-refractivity contribution in [2.24, 2.45) is 7.05 Å². The summed E-state index contributed by atoms with van der Waals surface area (Å²) in [6, 6.07) is 17.5. The molecular weight excluding hydrogens is 488 g/mol. The van der Waals surface area contributed by atoms with Gasteiger partial charge in [-0.1, -0.05) is 35.9 Å². The lowest BCUT2D eigenvalue weighted by atomic mass is 9.80. The molecule has 2 N–H and O–H groups in total. The Balaban J connectivity index is 1.33. The van der Waals surface area contributed by atoms with Crippen molar-refractivity contribution in [2.75, 3.05) is 6.54 Å². The number of rotatable bonds is 7. The molecule has 3 aromatic heterocycles. The van der Waals surface area contributed by atoms with E-state index in [0.29, 0.717) is 23.9 Å². The molecule has 6 rings (SSSR count). The van der Waals surface area contributed by atoms with Gasteiger partial charge in [0, 0.05) is 43.1 Å². The summed E-state index contributed by atoms with van der Waals surface area (Å²) >= 11 is 6.32. The Bertz CT molecular complexity index is 1660. The second-order valence-corrected chi connectivity index (χ2v) is 10.2. The molecule has 1 aliphatic rings. The highest BCUT2D eigenvalue weighted by Gasteiger charge is 2.33. The summed E-state index contributed by atoms with van der Waals surface area (Å²) < 4.78 is 5.17. The Morgan fingerprint density at radius 3 is 2.70 bits per heavy atom. The molecule has 0 saturated heterocycles. The average molecular weight is 515 g/mol. The van der Waals surface area contributed by atoms with Crippen LogP contribution in [0.25, 0.3) is 33.7 Å². The largest absolute Gasteiger partial charge is 0.389 e. The van der Waals surface area contributed by atoms with Crippen molar-refractivity contribution in [3.63, 3.8) is 0 Å². The van der Waals surface area contributed by atoms with Crippen LogP contribution in [-0.4, -0.2) is 41.0 Å². The Morgan fingerprint density at radius 2 is 1.95 bits per heavy atom. The molecule has 0 spiro atoms. The summed E-state index contributed by atoms with van der Waals surface area (Å²) in [4.78, 5) is 13.4. The van der Waals surface area contributed by atoms with Crippen molar-refractivity contribution >= 4 is 17.1 Å². The lowest BCUT2D eigenvalue weighted by molar-refractivity contribution is -0.0314. The van der Waals surface area contributed by atoms with Gasteiger partial charge in [0.2, 0.25) is 0 Å². The first-order chi connectivity index (χ1) is 17.9. The lowest BCUT2D eigenvalue weighted by Gasteiger charge is -2.36. The predicted octanol–water partition coefficient (Wildman–Crippen LogP) is 4.21. The first-order valence-electron chi connectivity index (χ1n) is 12.3. The van der Waals surface area contributed by atoms with Crippen LogP contribution < -0.4 is 11.0 Å². The number of aromatic nitrogens is 5. The number of hydrogen-bond acceptors (Lipinski definition) is 5. The monoisotopic (exact) mass is 514 g/mol. The van der Waals surface area contributed by atoms with Crippen LogP contribution in [0.2, 0.25) is 5.02 Å². The quantitative estimate of drug-likeness (QED) is 0.339. The van der Waals surface area contributed by atoms with E-state index in [9.17, 15) is 9.90 Å². The third-order valence-corrected chi connectivity index (χ3v) is 7.39. The van der Waals surface area contributed by atoms with Crippen LogP contribution in [0.3, 0.4) is 0 Å². The van der Waals surface area contributed by atoms with Crippen molar-refractivity contribution in [1.82, 2.24) is 29.0 Å². The lowest BCUT2D eigenvalue weighted by Crippen LogP contribution is -2.46. The summed E-state index contributed by atoms with van der Waals surface area (Å²) in [5.74, 6) is 0.709.